The summed E-state index contributed by atoms with van der Waals surface area (Å²) in [6.45, 7) is 2.27. The second-order valence-corrected chi connectivity index (χ2v) is 5.04. The van der Waals surface area contributed by atoms with E-state index in [4.69, 9.17) is 9.84 Å². The SMILES string of the molecule is O=C(O)Cc1ccccc1OCCCNCc1ccccc1. The molecule has 0 unspecified atom stereocenters. The maximum atomic E-state index is 10.8. The Morgan fingerprint density at radius 3 is 2.55 bits per heavy atom. The fraction of sp³-hybridized carbons (Fsp3) is 0.278. The number of carboxylic acids is 1. The van der Waals surface area contributed by atoms with Gasteiger partial charge >= 0.3 is 5.97 Å². The highest BCUT2D eigenvalue weighted by atomic mass is 16.5. The molecule has 0 aliphatic rings. The number of rotatable bonds is 9. The lowest BCUT2D eigenvalue weighted by atomic mass is 10.1. The van der Waals surface area contributed by atoms with Crippen molar-refractivity contribution in [3.8, 4) is 5.75 Å². The van der Waals surface area contributed by atoms with Gasteiger partial charge in [-0.25, -0.2) is 0 Å². The monoisotopic (exact) mass is 299 g/mol. The first-order valence-electron chi connectivity index (χ1n) is 7.43. The zero-order valence-corrected chi connectivity index (χ0v) is 12.5. The Morgan fingerprint density at radius 2 is 1.77 bits per heavy atom. The van der Waals surface area contributed by atoms with Gasteiger partial charge < -0.3 is 15.2 Å². The normalized spacial score (nSPS) is 10.4. The molecule has 116 valence electrons. The van der Waals surface area contributed by atoms with Gasteiger partial charge in [0, 0.05) is 12.1 Å². The van der Waals surface area contributed by atoms with Crippen LogP contribution in [0.15, 0.2) is 54.6 Å². The summed E-state index contributed by atoms with van der Waals surface area (Å²) in [7, 11) is 0. The van der Waals surface area contributed by atoms with Crippen LogP contribution in [0.2, 0.25) is 0 Å². The molecule has 4 nitrogen and oxygen atoms in total. The molecule has 2 N–H and O–H groups in total. The third-order valence-corrected chi connectivity index (χ3v) is 3.24. The molecule has 0 aliphatic carbocycles. The van der Waals surface area contributed by atoms with Crippen molar-refractivity contribution >= 4 is 5.97 Å². The first-order valence-corrected chi connectivity index (χ1v) is 7.43. The molecule has 0 spiro atoms. The number of nitrogens with one attached hydrogen (secondary N) is 1. The maximum Gasteiger partial charge on any atom is 0.307 e. The Labute approximate surface area is 130 Å². The van der Waals surface area contributed by atoms with Crippen LogP contribution in [0.4, 0.5) is 0 Å². The average Bonchev–Trinajstić information content (AvgIpc) is 2.52. The molecular weight excluding hydrogens is 278 g/mol. The summed E-state index contributed by atoms with van der Waals surface area (Å²) < 4.78 is 5.69. The summed E-state index contributed by atoms with van der Waals surface area (Å²) in [6, 6.07) is 17.5. The second-order valence-electron chi connectivity index (χ2n) is 5.04. The first kappa shape index (κ1) is 16.0. The van der Waals surface area contributed by atoms with Crippen LogP contribution in [-0.2, 0) is 17.8 Å². The summed E-state index contributed by atoms with van der Waals surface area (Å²) in [6.07, 6.45) is 0.858. The summed E-state index contributed by atoms with van der Waals surface area (Å²) in [5, 5.41) is 12.2. The lowest BCUT2D eigenvalue weighted by Gasteiger charge is -2.10. The number of para-hydroxylation sites is 1. The van der Waals surface area contributed by atoms with Gasteiger partial charge in [-0.05, 0) is 24.6 Å². The van der Waals surface area contributed by atoms with E-state index in [1.165, 1.54) is 5.56 Å². The van der Waals surface area contributed by atoms with Crippen LogP contribution in [-0.4, -0.2) is 24.2 Å². The van der Waals surface area contributed by atoms with Gasteiger partial charge in [0.05, 0.1) is 13.0 Å². The van der Waals surface area contributed by atoms with Gasteiger partial charge in [0.2, 0.25) is 0 Å². The number of aliphatic carboxylic acids is 1. The van der Waals surface area contributed by atoms with E-state index >= 15 is 0 Å². The molecule has 0 saturated carbocycles. The lowest BCUT2D eigenvalue weighted by Crippen LogP contribution is -2.17. The molecule has 0 amide bonds. The largest absolute Gasteiger partial charge is 0.493 e. The van der Waals surface area contributed by atoms with Gasteiger partial charge in [0.15, 0.2) is 0 Å². The number of hydrogen-bond acceptors (Lipinski definition) is 3. The van der Waals surface area contributed by atoms with Gasteiger partial charge in [0.25, 0.3) is 0 Å². The van der Waals surface area contributed by atoms with Crippen molar-refractivity contribution in [3.05, 3.63) is 65.7 Å². The molecule has 0 heterocycles. The summed E-state index contributed by atoms with van der Waals surface area (Å²) in [5.74, 6) is -0.187. The predicted octanol–water partition coefficient (Wildman–Crippen LogP) is 2.87. The Hall–Kier alpha value is -2.33. The van der Waals surface area contributed by atoms with E-state index in [1.54, 1.807) is 6.07 Å². The minimum absolute atomic E-state index is 0.0115. The molecule has 2 aromatic rings. The van der Waals surface area contributed by atoms with Crippen LogP contribution in [0.1, 0.15) is 17.5 Å². The zero-order chi connectivity index (χ0) is 15.6. The second kappa shape index (κ2) is 8.85. The van der Waals surface area contributed by atoms with Crippen LogP contribution >= 0.6 is 0 Å². The minimum Gasteiger partial charge on any atom is -0.493 e. The van der Waals surface area contributed by atoms with E-state index in [1.807, 2.05) is 36.4 Å². The van der Waals surface area contributed by atoms with Crippen LogP contribution in [0, 0.1) is 0 Å². The molecule has 2 rings (SSSR count). The Morgan fingerprint density at radius 1 is 1.05 bits per heavy atom. The number of hydrogen-bond donors (Lipinski definition) is 2. The van der Waals surface area contributed by atoms with E-state index in [9.17, 15) is 4.79 Å². The van der Waals surface area contributed by atoms with Gasteiger partial charge in [-0.15, -0.1) is 0 Å². The van der Waals surface area contributed by atoms with Gasteiger partial charge in [-0.2, -0.15) is 0 Å². The van der Waals surface area contributed by atoms with Gasteiger partial charge in [-0.1, -0.05) is 48.5 Å². The Kier molecular flexibility index (Phi) is 6.45. The molecule has 0 saturated heterocycles. The van der Waals surface area contributed by atoms with E-state index in [0.717, 1.165) is 19.5 Å². The third kappa shape index (κ3) is 5.58. The highest BCUT2D eigenvalue weighted by molar-refractivity contribution is 5.71. The van der Waals surface area contributed by atoms with E-state index in [2.05, 4.69) is 17.4 Å². The molecule has 4 heteroatoms. The van der Waals surface area contributed by atoms with Gasteiger partial charge in [0.1, 0.15) is 5.75 Å². The number of carboxylic acid groups (broad SMARTS) is 1. The lowest BCUT2D eigenvalue weighted by molar-refractivity contribution is -0.136. The molecule has 0 radical (unpaired) electrons. The number of carbonyl (C=O) groups is 1. The summed E-state index contributed by atoms with van der Waals surface area (Å²) >= 11 is 0. The van der Waals surface area contributed by atoms with Crippen LogP contribution in [0.5, 0.6) is 5.75 Å². The first-order chi connectivity index (χ1) is 10.8. The van der Waals surface area contributed by atoms with E-state index < -0.39 is 5.97 Å². The average molecular weight is 299 g/mol. The molecule has 0 bridgehead atoms. The molecule has 2 aromatic carbocycles. The number of ether oxygens (including phenoxy) is 1. The summed E-state index contributed by atoms with van der Waals surface area (Å²) in [4.78, 5) is 10.8. The van der Waals surface area contributed by atoms with E-state index in [-0.39, 0.29) is 6.42 Å². The van der Waals surface area contributed by atoms with Crippen LogP contribution < -0.4 is 10.1 Å². The molecule has 0 fully saturated rings. The van der Waals surface area contributed by atoms with Crippen molar-refractivity contribution in [1.29, 1.82) is 0 Å². The predicted molar refractivity (Wildman–Crippen MR) is 86.0 cm³/mol. The zero-order valence-electron chi connectivity index (χ0n) is 12.5. The standard InChI is InChI=1S/C18H21NO3/c20-18(21)13-16-9-4-5-10-17(16)22-12-6-11-19-14-15-7-2-1-3-8-15/h1-5,7-10,19H,6,11-14H2,(H,20,21). The quantitative estimate of drug-likeness (QED) is 0.699. The van der Waals surface area contributed by atoms with E-state index in [0.29, 0.717) is 17.9 Å². The van der Waals surface area contributed by atoms with Crippen LogP contribution in [0.25, 0.3) is 0 Å². The highest BCUT2D eigenvalue weighted by Gasteiger charge is 2.06. The Bertz CT molecular complexity index is 584. The van der Waals surface area contributed by atoms with Crippen molar-refractivity contribution < 1.29 is 14.6 Å². The van der Waals surface area contributed by atoms with Crippen molar-refractivity contribution in [2.75, 3.05) is 13.2 Å². The van der Waals surface area contributed by atoms with Crippen LogP contribution in [0.3, 0.4) is 0 Å². The number of benzene rings is 2. The van der Waals surface area contributed by atoms with Crippen molar-refractivity contribution in [2.45, 2.75) is 19.4 Å². The highest BCUT2D eigenvalue weighted by Crippen LogP contribution is 2.18. The molecule has 0 aromatic heterocycles. The molecular formula is C18H21NO3. The Balaban J connectivity index is 1.67. The smallest absolute Gasteiger partial charge is 0.307 e. The summed E-state index contributed by atoms with van der Waals surface area (Å²) in [5.41, 5.74) is 1.97. The van der Waals surface area contributed by atoms with Crippen molar-refractivity contribution in [2.24, 2.45) is 0 Å². The fourth-order valence-corrected chi connectivity index (χ4v) is 2.16. The third-order valence-electron chi connectivity index (χ3n) is 3.24. The van der Waals surface area contributed by atoms with Crippen molar-refractivity contribution in [1.82, 2.24) is 5.32 Å². The fourth-order valence-electron chi connectivity index (χ4n) is 2.16. The topological polar surface area (TPSA) is 58.6 Å². The molecule has 0 aliphatic heterocycles. The van der Waals surface area contributed by atoms with Crippen molar-refractivity contribution in [3.63, 3.8) is 0 Å². The minimum atomic E-state index is -0.847. The van der Waals surface area contributed by atoms with Gasteiger partial charge in [-0.3, -0.25) is 4.79 Å². The molecule has 0 atom stereocenters. The maximum absolute atomic E-state index is 10.8. The molecule has 22 heavy (non-hydrogen) atoms.